The van der Waals surface area contributed by atoms with Crippen LogP contribution < -0.4 is 5.32 Å². The van der Waals surface area contributed by atoms with Gasteiger partial charge in [0.1, 0.15) is 0 Å². The molecule has 1 saturated heterocycles. The van der Waals surface area contributed by atoms with E-state index in [1.165, 1.54) is 18.6 Å². The number of nitrogens with one attached hydrogen (secondary N) is 1. The molecule has 1 atom stereocenters. The van der Waals surface area contributed by atoms with E-state index in [9.17, 15) is 9.59 Å². The molecular weight excluding hydrogens is 366 g/mol. The van der Waals surface area contributed by atoms with Crippen LogP contribution in [0.1, 0.15) is 48.3 Å². The molecule has 1 fully saturated rings. The van der Waals surface area contributed by atoms with Crippen molar-refractivity contribution in [2.75, 3.05) is 11.1 Å². The number of carbonyl (C=O) groups is 2. The number of nitrogens with zero attached hydrogens (tertiary/aromatic N) is 2. The van der Waals surface area contributed by atoms with Crippen molar-refractivity contribution in [1.82, 2.24) is 9.55 Å². The molecule has 0 spiro atoms. The van der Waals surface area contributed by atoms with Gasteiger partial charge in [0.2, 0.25) is 11.7 Å². The lowest BCUT2D eigenvalue weighted by Gasteiger charge is -2.08. The van der Waals surface area contributed by atoms with Crippen LogP contribution in [0.5, 0.6) is 0 Å². The van der Waals surface area contributed by atoms with Gasteiger partial charge in [-0.15, -0.1) is 0 Å². The van der Waals surface area contributed by atoms with Crippen LogP contribution in [-0.4, -0.2) is 32.2 Å². The number of carbonyl (C=O) groups excluding carboxylic acids is 2. The number of benzene rings is 1. The predicted molar refractivity (Wildman–Crippen MR) is 109 cm³/mol. The van der Waals surface area contributed by atoms with Crippen LogP contribution in [0, 0.1) is 0 Å². The number of rotatable bonds is 8. The first-order valence-corrected chi connectivity index (χ1v) is 11.2. The molecule has 1 aromatic carbocycles. The van der Waals surface area contributed by atoms with Crippen LogP contribution in [0.15, 0.2) is 36.7 Å². The highest BCUT2D eigenvalue weighted by molar-refractivity contribution is 8.77. The van der Waals surface area contributed by atoms with Gasteiger partial charge in [-0.3, -0.25) is 9.59 Å². The normalized spacial score (nSPS) is 16.6. The summed E-state index contributed by atoms with van der Waals surface area (Å²) >= 11 is 0. The summed E-state index contributed by atoms with van der Waals surface area (Å²) in [4.78, 5) is 28.5. The maximum absolute atomic E-state index is 12.4. The maximum Gasteiger partial charge on any atom is 0.228 e. The van der Waals surface area contributed by atoms with Crippen LogP contribution >= 0.6 is 21.6 Å². The van der Waals surface area contributed by atoms with Crippen molar-refractivity contribution in [3.8, 4) is 0 Å². The molecule has 1 aliphatic heterocycles. The number of imidazole rings is 1. The molecule has 1 N–H and O–H groups in total. The zero-order valence-electron chi connectivity index (χ0n) is 14.8. The minimum absolute atomic E-state index is 0.0293. The van der Waals surface area contributed by atoms with Crippen molar-refractivity contribution in [3.63, 3.8) is 0 Å². The van der Waals surface area contributed by atoms with Crippen LogP contribution in [0.2, 0.25) is 0 Å². The fraction of sp³-hybridized carbons (Fsp3) is 0.421. The molecule has 7 heteroatoms. The maximum atomic E-state index is 12.4. The Balaban J connectivity index is 1.44. The Bertz CT molecular complexity index is 752. The van der Waals surface area contributed by atoms with E-state index in [1.807, 2.05) is 21.6 Å². The third-order valence-electron chi connectivity index (χ3n) is 4.36. The van der Waals surface area contributed by atoms with E-state index in [4.69, 9.17) is 0 Å². The Morgan fingerprint density at radius 1 is 1.27 bits per heavy atom. The SMILES string of the molecule is Cn1ccnc1C(=O)c1ccc(NC(=O)CCCC[C@H]2CCSS2)cc1. The van der Waals surface area contributed by atoms with Crippen molar-refractivity contribution >= 4 is 39.0 Å². The van der Waals surface area contributed by atoms with Crippen molar-refractivity contribution in [3.05, 3.63) is 48.0 Å². The second kappa shape index (κ2) is 9.28. The average Bonchev–Trinajstić information content (AvgIpc) is 3.30. The molecule has 1 aromatic heterocycles. The molecule has 1 amide bonds. The Kier molecular flexibility index (Phi) is 6.80. The Morgan fingerprint density at radius 3 is 2.73 bits per heavy atom. The molecule has 0 bridgehead atoms. The summed E-state index contributed by atoms with van der Waals surface area (Å²) in [6.07, 6.45) is 8.41. The van der Waals surface area contributed by atoms with E-state index in [2.05, 4.69) is 10.3 Å². The first-order valence-electron chi connectivity index (χ1n) is 8.83. The number of hydrogen-bond donors (Lipinski definition) is 1. The minimum Gasteiger partial charge on any atom is -0.331 e. The van der Waals surface area contributed by atoms with Crippen molar-refractivity contribution in [1.29, 1.82) is 0 Å². The van der Waals surface area contributed by atoms with Gasteiger partial charge >= 0.3 is 0 Å². The Morgan fingerprint density at radius 2 is 2.08 bits per heavy atom. The van der Waals surface area contributed by atoms with Gasteiger partial charge in [-0.1, -0.05) is 28.0 Å². The molecule has 0 saturated carbocycles. The van der Waals surface area contributed by atoms with Gasteiger partial charge in [-0.25, -0.2) is 4.98 Å². The molecule has 3 rings (SSSR count). The molecule has 5 nitrogen and oxygen atoms in total. The number of anilines is 1. The molecule has 1 aliphatic rings. The fourth-order valence-electron chi connectivity index (χ4n) is 2.86. The number of amides is 1. The molecule has 138 valence electrons. The highest BCUT2D eigenvalue weighted by Crippen LogP contribution is 2.39. The average molecular weight is 390 g/mol. The van der Waals surface area contributed by atoms with E-state index in [-0.39, 0.29) is 11.7 Å². The largest absolute Gasteiger partial charge is 0.331 e. The lowest BCUT2D eigenvalue weighted by Crippen LogP contribution is -2.12. The molecule has 26 heavy (non-hydrogen) atoms. The van der Waals surface area contributed by atoms with E-state index in [0.29, 0.717) is 23.5 Å². The first-order chi connectivity index (χ1) is 12.6. The van der Waals surface area contributed by atoms with Crippen LogP contribution in [0.3, 0.4) is 0 Å². The summed E-state index contributed by atoms with van der Waals surface area (Å²) in [6.45, 7) is 0. The summed E-state index contributed by atoms with van der Waals surface area (Å²) in [5.74, 6) is 1.56. The van der Waals surface area contributed by atoms with E-state index in [1.54, 1.807) is 48.3 Å². The summed E-state index contributed by atoms with van der Waals surface area (Å²) in [5, 5.41) is 3.67. The van der Waals surface area contributed by atoms with Gasteiger partial charge in [0.15, 0.2) is 5.82 Å². The summed E-state index contributed by atoms with van der Waals surface area (Å²) in [6, 6.07) is 6.98. The summed E-state index contributed by atoms with van der Waals surface area (Å²) in [7, 11) is 5.74. The zero-order chi connectivity index (χ0) is 18.4. The molecule has 0 aliphatic carbocycles. The second-order valence-corrected chi connectivity index (χ2v) is 9.18. The number of ketones is 1. The van der Waals surface area contributed by atoms with Crippen LogP contribution in [-0.2, 0) is 11.8 Å². The highest BCUT2D eigenvalue weighted by Gasteiger charge is 2.16. The topological polar surface area (TPSA) is 64.0 Å². The second-order valence-electron chi connectivity index (χ2n) is 6.39. The summed E-state index contributed by atoms with van der Waals surface area (Å²) < 4.78 is 1.70. The smallest absolute Gasteiger partial charge is 0.228 e. The van der Waals surface area contributed by atoms with Crippen LogP contribution in [0.4, 0.5) is 5.69 Å². The number of aryl methyl sites for hydroxylation is 1. The molecule has 2 aromatic rings. The standard InChI is InChI=1S/C19H23N3O2S2/c1-22-12-11-20-19(22)18(24)14-6-8-15(9-7-14)21-17(23)5-3-2-4-16-10-13-25-26-16/h6-9,11-12,16H,2-5,10,13H2,1H3,(H,21,23)/t16-/m0/s1. The van der Waals surface area contributed by atoms with Gasteiger partial charge in [0, 0.05) is 48.1 Å². The van der Waals surface area contributed by atoms with E-state index >= 15 is 0 Å². The summed E-state index contributed by atoms with van der Waals surface area (Å²) in [5.41, 5.74) is 1.28. The van der Waals surface area contributed by atoms with E-state index in [0.717, 1.165) is 18.1 Å². The molecular formula is C19H23N3O2S2. The van der Waals surface area contributed by atoms with Crippen molar-refractivity contribution < 1.29 is 9.59 Å². The quantitative estimate of drug-likeness (QED) is 0.414. The fourth-order valence-corrected chi connectivity index (χ4v) is 5.89. The lowest BCUT2D eigenvalue weighted by atomic mass is 10.1. The Hall–Kier alpha value is -1.73. The monoisotopic (exact) mass is 389 g/mol. The number of aromatic nitrogens is 2. The van der Waals surface area contributed by atoms with E-state index < -0.39 is 0 Å². The lowest BCUT2D eigenvalue weighted by molar-refractivity contribution is -0.116. The molecule has 0 radical (unpaired) electrons. The minimum atomic E-state index is -0.127. The molecule has 2 heterocycles. The van der Waals surface area contributed by atoms with Crippen LogP contribution in [0.25, 0.3) is 0 Å². The van der Waals surface area contributed by atoms with Gasteiger partial charge in [0.05, 0.1) is 0 Å². The van der Waals surface area contributed by atoms with Gasteiger partial charge in [-0.2, -0.15) is 0 Å². The predicted octanol–water partition coefficient (Wildman–Crippen LogP) is 4.30. The Labute approximate surface area is 161 Å². The third-order valence-corrected chi connectivity index (χ3v) is 7.37. The highest BCUT2D eigenvalue weighted by atomic mass is 33.1. The third kappa shape index (κ3) is 5.14. The number of hydrogen-bond acceptors (Lipinski definition) is 5. The van der Waals surface area contributed by atoms with Crippen molar-refractivity contribution in [2.24, 2.45) is 7.05 Å². The zero-order valence-corrected chi connectivity index (χ0v) is 16.4. The van der Waals surface area contributed by atoms with Crippen molar-refractivity contribution in [2.45, 2.75) is 37.4 Å². The van der Waals surface area contributed by atoms with Gasteiger partial charge in [-0.05, 0) is 43.5 Å². The van der Waals surface area contributed by atoms with Gasteiger partial charge in [0.25, 0.3) is 0 Å². The first kappa shape index (κ1) is 19.0. The van der Waals surface area contributed by atoms with Gasteiger partial charge < -0.3 is 9.88 Å². The number of unbranched alkanes of at least 4 members (excludes halogenated alkanes) is 1. The molecule has 0 unspecified atom stereocenters.